The molecule has 0 saturated carbocycles. The summed E-state index contributed by atoms with van der Waals surface area (Å²) in [5.74, 6) is 0.532. The standard InChI is InChI=1S/C22H25ClN6OS/c23-18-8-6-17(7-9-18)21-25-26-22(31)29(21)16-20(30)24-10-11-27-12-14-28(15-13-27)19-4-2-1-3-5-19/h1-9H,10-16H2,(H,24,30)(H,26,31). The Morgan fingerprint density at radius 3 is 2.48 bits per heavy atom. The zero-order valence-electron chi connectivity index (χ0n) is 17.1. The van der Waals surface area contributed by atoms with Gasteiger partial charge in [-0.25, -0.2) is 0 Å². The summed E-state index contributed by atoms with van der Waals surface area (Å²) in [5.41, 5.74) is 2.12. The van der Waals surface area contributed by atoms with Crippen molar-refractivity contribution in [3.05, 3.63) is 64.4 Å². The number of rotatable bonds is 7. The van der Waals surface area contributed by atoms with E-state index in [1.807, 2.05) is 18.2 Å². The van der Waals surface area contributed by atoms with Gasteiger partial charge in [-0.2, -0.15) is 5.10 Å². The highest BCUT2D eigenvalue weighted by atomic mass is 35.5. The van der Waals surface area contributed by atoms with Crippen molar-refractivity contribution >= 4 is 35.4 Å². The summed E-state index contributed by atoms with van der Waals surface area (Å²) in [4.78, 5) is 17.3. The van der Waals surface area contributed by atoms with Crippen LogP contribution in [0.5, 0.6) is 0 Å². The Kier molecular flexibility index (Phi) is 7.01. The van der Waals surface area contributed by atoms with E-state index in [-0.39, 0.29) is 12.5 Å². The molecule has 0 spiro atoms. The Hall–Kier alpha value is -2.68. The third-order valence-electron chi connectivity index (χ3n) is 5.41. The van der Waals surface area contributed by atoms with Gasteiger partial charge in [0.2, 0.25) is 5.91 Å². The number of nitrogens with zero attached hydrogens (tertiary/aromatic N) is 4. The fourth-order valence-corrected chi connectivity index (χ4v) is 4.03. The number of nitrogens with one attached hydrogen (secondary N) is 2. The highest BCUT2D eigenvalue weighted by molar-refractivity contribution is 7.71. The van der Waals surface area contributed by atoms with Gasteiger partial charge in [0.15, 0.2) is 10.6 Å². The van der Waals surface area contributed by atoms with Crippen LogP contribution in [0.2, 0.25) is 5.02 Å². The number of carbonyl (C=O) groups excluding carboxylic acids is 1. The second kappa shape index (κ2) is 10.1. The quantitative estimate of drug-likeness (QED) is 0.534. The molecule has 162 valence electrons. The summed E-state index contributed by atoms with van der Waals surface area (Å²) >= 11 is 11.3. The fourth-order valence-electron chi connectivity index (χ4n) is 3.71. The van der Waals surface area contributed by atoms with E-state index < -0.39 is 0 Å². The molecule has 2 heterocycles. The van der Waals surface area contributed by atoms with Gasteiger partial charge in [0, 0.05) is 55.5 Å². The maximum atomic E-state index is 12.5. The van der Waals surface area contributed by atoms with Crippen molar-refractivity contribution in [1.82, 2.24) is 25.0 Å². The maximum absolute atomic E-state index is 12.5. The molecule has 9 heteroatoms. The van der Waals surface area contributed by atoms with Crippen molar-refractivity contribution in [2.75, 3.05) is 44.2 Å². The normalized spacial score (nSPS) is 14.5. The van der Waals surface area contributed by atoms with E-state index in [2.05, 4.69) is 49.6 Å². The monoisotopic (exact) mass is 456 g/mol. The number of piperazine rings is 1. The van der Waals surface area contributed by atoms with Gasteiger partial charge < -0.3 is 10.2 Å². The summed E-state index contributed by atoms with van der Waals surface area (Å²) in [6.45, 7) is 5.51. The SMILES string of the molecule is O=C(Cn1c(-c2ccc(Cl)cc2)n[nH]c1=S)NCCN1CCN(c2ccccc2)CC1. The van der Waals surface area contributed by atoms with Crippen molar-refractivity contribution in [1.29, 1.82) is 0 Å². The van der Waals surface area contributed by atoms with E-state index in [1.54, 1.807) is 16.7 Å². The molecule has 0 atom stereocenters. The molecule has 0 radical (unpaired) electrons. The number of aromatic amines is 1. The number of anilines is 1. The Labute approximate surface area is 191 Å². The number of H-pyrrole nitrogens is 1. The molecule has 2 N–H and O–H groups in total. The lowest BCUT2D eigenvalue weighted by atomic mass is 10.2. The molecule has 7 nitrogen and oxygen atoms in total. The molecule has 1 saturated heterocycles. The van der Waals surface area contributed by atoms with Crippen LogP contribution in [0.15, 0.2) is 54.6 Å². The molecule has 0 aliphatic carbocycles. The van der Waals surface area contributed by atoms with Gasteiger partial charge in [0.1, 0.15) is 6.54 Å². The van der Waals surface area contributed by atoms with Gasteiger partial charge >= 0.3 is 0 Å². The molecule has 0 unspecified atom stereocenters. The van der Waals surface area contributed by atoms with Gasteiger partial charge in [-0.05, 0) is 48.6 Å². The highest BCUT2D eigenvalue weighted by Crippen LogP contribution is 2.20. The van der Waals surface area contributed by atoms with E-state index in [0.29, 0.717) is 22.2 Å². The number of carbonyl (C=O) groups is 1. The number of halogens is 1. The van der Waals surface area contributed by atoms with Crippen molar-refractivity contribution in [2.24, 2.45) is 0 Å². The van der Waals surface area contributed by atoms with Crippen molar-refractivity contribution in [2.45, 2.75) is 6.54 Å². The van der Waals surface area contributed by atoms with Crippen LogP contribution in [0.1, 0.15) is 0 Å². The second-order valence-corrected chi connectivity index (χ2v) is 8.28. The Morgan fingerprint density at radius 1 is 1.06 bits per heavy atom. The second-order valence-electron chi connectivity index (χ2n) is 7.46. The summed E-state index contributed by atoms with van der Waals surface area (Å²) in [5, 5.41) is 10.7. The van der Waals surface area contributed by atoms with Gasteiger partial charge in [-0.3, -0.25) is 19.4 Å². The lowest BCUT2D eigenvalue weighted by Gasteiger charge is -2.36. The number of para-hydroxylation sites is 1. The third kappa shape index (κ3) is 5.52. The number of aromatic nitrogens is 3. The highest BCUT2D eigenvalue weighted by Gasteiger charge is 2.17. The first-order chi connectivity index (χ1) is 15.1. The molecule has 3 aromatic rings. The lowest BCUT2D eigenvalue weighted by Crippen LogP contribution is -2.48. The molecule has 1 fully saturated rings. The fraction of sp³-hybridized carbons (Fsp3) is 0.318. The molecule has 4 rings (SSSR count). The minimum atomic E-state index is -0.0874. The molecule has 1 aliphatic rings. The van der Waals surface area contributed by atoms with Gasteiger partial charge in [-0.15, -0.1) is 0 Å². The summed E-state index contributed by atoms with van der Waals surface area (Å²) in [6.07, 6.45) is 0. The van der Waals surface area contributed by atoms with Crippen LogP contribution in [0.4, 0.5) is 5.69 Å². The largest absolute Gasteiger partial charge is 0.369 e. The number of benzene rings is 2. The van der Waals surface area contributed by atoms with E-state index in [9.17, 15) is 4.79 Å². The first-order valence-corrected chi connectivity index (χ1v) is 11.1. The van der Waals surface area contributed by atoms with Crippen LogP contribution in [0, 0.1) is 4.77 Å². The van der Waals surface area contributed by atoms with E-state index >= 15 is 0 Å². The summed E-state index contributed by atoms with van der Waals surface area (Å²) in [6, 6.07) is 17.8. The van der Waals surface area contributed by atoms with E-state index in [4.69, 9.17) is 23.8 Å². The number of amides is 1. The average Bonchev–Trinajstić information content (AvgIpc) is 3.15. The number of hydrogen-bond donors (Lipinski definition) is 2. The Bertz CT molecular complexity index is 1060. The van der Waals surface area contributed by atoms with Crippen LogP contribution in [0.25, 0.3) is 11.4 Å². The van der Waals surface area contributed by atoms with E-state index in [0.717, 1.165) is 38.3 Å². The summed E-state index contributed by atoms with van der Waals surface area (Å²) < 4.78 is 2.11. The maximum Gasteiger partial charge on any atom is 0.240 e. The van der Waals surface area contributed by atoms with Crippen LogP contribution in [-0.4, -0.2) is 64.8 Å². The topological polar surface area (TPSA) is 69.2 Å². The van der Waals surface area contributed by atoms with Crippen LogP contribution in [0.3, 0.4) is 0 Å². The minimum Gasteiger partial charge on any atom is -0.369 e. The molecule has 1 aliphatic heterocycles. The first-order valence-electron chi connectivity index (χ1n) is 10.3. The third-order valence-corrected chi connectivity index (χ3v) is 5.97. The van der Waals surface area contributed by atoms with Crippen LogP contribution in [-0.2, 0) is 11.3 Å². The zero-order valence-corrected chi connectivity index (χ0v) is 18.7. The molecule has 2 aromatic carbocycles. The molecule has 1 aromatic heterocycles. The predicted molar refractivity (Wildman–Crippen MR) is 126 cm³/mol. The van der Waals surface area contributed by atoms with Crippen LogP contribution < -0.4 is 10.2 Å². The number of hydrogen-bond acceptors (Lipinski definition) is 5. The predicted octanol–water partition coefficient (Wildman–Crippen LogP) is 3.20. The van der Waals surface area contributed by atoms with Gasteiger partial charge in [-0.1, -0.05) is 29.8 Å². The smallest absolute Gasteiger partial charge is 0.240 e. The molecular formula is C22H25ClN6OS. The molecule has 0 bridgehead atoms. The van der Waals surface area contributed by atoms with Crippen molar-refractivity contribution < 1.29 is 4.79 Å². The minimum absolute atomic E-state index is 0.0874. The average molecular weight is 457 g/mol. The van der Waals surface area contributed by atoms with Crippen LogP contribution >= 0.6 is 23.8 Å². The van der Waals surface area contributed by atoms with Crippen molar-refractivity contribution in [3.63, 3.8) is 0 Å². The Morgan fingerprint density at radius 2 is 1.77 bits per heavy atom. The van der Waals surface area contributed by atoms with E-state index in [1.165, 1.54) is 5.69 Å². The van der Waals surface area contributed by atoms with Crippen molar-refractivity contribution in [3.8, 4) is 11.4 Å². The molecule has 1 amide bonds. The Balaban J connectivity index is 1.25. The molecular weight excluding hydrogens is 432 g/mol. The lowest BCUT2D eigenvalue weighted by molar-refractivity contribution is -0.121. The summed E-state index contributed by atoms with van der Waals surface area (Å²) in [7, 11) is 0. The van der Waals surface area contributed by atoms with Gasteiger partial charge in [0.05, 0.1) is 0 Å². The first kappa shape index (κ1) is 21.5. The van der Waals surface area contributed by atoms with Gasteiger partial charge in [0.25, 0.3) is 0 Å². The zero-order chi connectivity index (χ0) is 21.6. The molecule has 31 heavy (non-hydrogen) atoms.